The summed E-state index contributed by atoms with van der Waals surface area (Å²) in [4.78, 5) is 10.4. The molecule has 3 rings (SSSR count). The van der Waals surface area contributed by atoms with Crippen LogP contribution in [0, 0.1) is 0 Å². The van der Waals surface area contributed by atoms with Gasteiger partial charge in [-0.15, -0.1) is 0 Å². The topological polar surface area (TPSA) is 96.5 Å². The third kappa shape index (κ3) is 4.05. The first-order chi connectivity index (χ1) is 11.9. The van der Waals surface area contributed by atoms with Gasteiger partial charge in [-0.1, -0.05) is 12.1 Å². The Balaban J connectivity index is 1.77. The Kier molecular flexibility index (Phi) is 4.87. The van der Waals surface area contributed by atoms with E-state index in [9.17, 15) is 5.11 Å². The zero-order chi connectivity index (χ0) is 18.0. The molecule has 25 heavy (non-hydrogen) atoms. The SMILES string of the molecule is COc1ccc(CNc2nc(Cl)nc(N3CC[C@](C)(O)C3)c2N)cc1. The van der Waals surface area contributed by atoms with Crippen LogP contribution in [-0.2, 0) is 6.54 Å². The molecule has 1 aliphatic rings. The molecule has 0 saturated carbocycles. The molecule has 1 aromatic heterocycles. The van der Waals surface area contributed by atoms with Crippen LogP contribution in [0.2, 0.25) is 5.28 Å². The first-order valence-electron chi connectivity index (χ1n) is 8.05. The molecule has 2 heterocycles. The van der Waals surface area contributed by atoms with Crippen LogP contribution >= 0.6 is 11.6 Å². The van der Waals surface area contributed by atoms with Crippen molar-refractivity contribution in [1.82, 2.24) is 9.97 Å². The Hall–Kier alpha value is -2.25. The first kappa shape index (κ1) is 17.6. The van der Waals surface area contributed by atoms with Crippen molar-refractivity contribution < 1.29 is 9.84 Å². The van der Waals surface area contributed by atoms with Crippen LogP contribution in [0.25, 0.3) is 0 Å². The number of anilines is 3. The Morgan fingerprint density at radius 2 is 2.08 bits per heavy atom. The average molecular weight is 364 g/mol. The van der Waals surface area contributed by atoms with Crippen LogP contribution < -0.4 is 20.7 Å². The lowest BCUT2D eigenvalue weighted by molar-refractivity contribution is 0.0839. The van der Waals surface area contributed by atoms with E-state index in [1.807, 2.05) is 29.2 Å². The Morgan fingerprint density at radius 1 is 1.36 bits per heavy atom. The molecule has 1 aliphatic heterocycles. The molecule has 1 atom stereocenters. The van der Waals surface area contributed by atoms with Gasteiger partial charge in [-0.05, 0) is 42.6 Å². The van der Waals surface area contributed by atoms with E-state index < -0.39 is 5.60 Å². The van der Waals surface area contributed by atoms with Crippen LogP contribution in [0.5, 0.6) is 5.75 Å². The first-order valence-corrected chi connectivity index (χ1v) is 8.43. The molecule has 0 amide bonds. The van der Waals surface area contributed by atoms with Gasteiger partial charge in [0.1, 0.15) is 11.4 Å². The van der Waals surface area contributed by atoms with Crippen LogP contribution in [0.3, 0.4) is 0 Å². The molecule has 1 aromatic carbocycles. The number of hydrogen-bond donors (Lipinski definition) is 3. The second-order valence-electron chi connectivity index (χ2n) is 6.45. The molecule has 2 aromatic rings. The summed E-state index contributed by atoms with van der Waals surface area (Å²) in [5.74, 6) is 1.84. The van der Waals surface area contributed by atoms with Crippen LogP contribution in [0.15, 0.2) is 24.3 Å². The number of hydrogen-bond acceptors (Lipinski definition) is 7. The van der Waals surface area contributed by atoms with Crippen molar-refractivity contribution in [1.29, 1.82) is 0 Å². The van der Waals surface area contributed by atoms with Crippen molar-refractivity contribution in [2.24, 2.45) is 0 Å². The largest absolute Gasteiger partial charge is 0.497 e. The molecule has 0 aliphatic carbocycles. The number of benzene rings is 1. The average Bonchev–Trinajstić information content (AvgIpc) is 2.95. The fraction of sp³-hybridized carbons (Fsp3) is 0.412. The highest BCUT2D eigenvalue weighted by Crippen LogP contribution is 2.33. The summed E-state index contributed by atoms with van der Waals surface area (Å²) in [7, 11) is 1.63. The lowest BCUT2D eigenvalue weighted by Crippen LogP contribution is -2.30. The highest BCUT2D eigenvalue weighted by Gasteiger charge is 2.33. The third-order valence-corrected chi connectivity index (χ3v) is 4.44. The predicted molar refractivity (Wildman–Crippen MR) is 99.2 cm³/mol. The summed E-state index contributed by atoms with van der Waals surface area (Å²) < 4.78 is 5.15. The maximum absolute atomic E-state index is 10.2. The van der Waals surface area contributed by atoms with Gasteiger partial charge >= 0.3 is 0 Å². The van der Waals surface area contributed by atoms with Crippen LogP contribution in [0.1, 0.15) is 18.9 Å². The molecule has 8 heteroatoms. The van der Waals surface area contributed by atoms with Crippen molar-refractivity contribution in [2.45, 2.75) is 25.5 Å². The molecule has 0 radical (unpaired) electrons. The van der Waals surface area contributed by atoms with Gasteiger partial charge in [0.05, 0.1) is 12.7 Å². The number of β-amino-alcohol motifs (C(OH)–C–C–N with tert-alkyl or cyclic N) is 1. The zero-order valence-corrected chi connectivity index (χ0v) is 15.0. The van der Waals surface area contributed by atoms with E-state index in [1.54, 1.807) is 14.0 Å². The number of nitrogens with one attached hydrogen (secondary N) is 1. The standard InChI is InChI=1S/C17H22ClN5O2/c1-17(24)7-8-23(10-17)15-13(19)14(21-16(18)22-15)20-9-11-3-5-12(25-2)6-4-11/h3-6,24H,7-10,19H2,1-2H3,(H,20,21,22)/t17-/m0/s1. The minimum absolute atomic E-state index is 0.118. The van der Waals surface area contributed by atoms with Crippen LogP contribution in [0.4, 0.5) is 17.3 Å². The van der Waals surface area contributed by atoms with Crippen molar-refractivity contribution in [3.05, 3.63) is 35.1 Å². The number of halogens is 1. The van der Waals surface area contributed by atoms with Crippen molar-refractivity contribution in [2.75, 3.05) is 36.1 Å². The number of ether oxygens (including phenoxy) is 1. The van der Waals surface area contributed by atoms with Crippen molar-refractivity contribution in [3.63, 3.8) is 0 Å². The third-order valence-electron chi connectivity index (χ3n) is 4.27. The molecular weight excluding hydrogens is 342 g/mol. The van der Waals surface area contributed by atoms with E-state index in [0.29, 0.717) is 43.4 Å². The van der Waals surface area contributed by atoms with E-state index in [-0.39, 0.29) is 5.28 Å². The molecule has 1 saturated heterocycles. The lowest BCUT2D eigenvalue weighted by atomic mass is 10.1. The van der Waals surface area contributed by atoms with Gasteiger partial charge in [0, 0.05) is 19.6 Å². The van der Waals surface area contributed by atoms with Crippen LogP contribution in [-0.4, -0.2) is 40.9 Å². The van der Waals surface area contributed by atoms with Gasteiger partial charge in [-0.25, -0.2) is 0 Å². The predicted octanol–water partition coefficient (Wildman–Crippen LogP) is 2.29. The number of nitrogens with zero attached hydrogens (tertiary/aromatic N) is 3. The van der Waals surface area contributed by atoms with Crippen molar-refractivity contribution >= 4 is 28.9 Å². The quantitative estimate of drug-likeness (QED) is 0.701. The summed E-state index contributed by atoms with van der Waals surface area (Å²) in [6.45, 7) is 3.47. The van der Waals surface area contributed by atoms with E-state index in [4.69, 9.17) is 22.1 Å². The van der Waals surface area contributed by atoms with Gasteiger partial charge < -0.3 is 25.8 Å². The lowest BCUT2D eigenvalue weighted by Gasteiger charge is -2.22. The van der Waals surface area contributed by atoms with Gasteiger partial charge in [0.2, 0.25) is 5.28 Å². The van der Waals surface area contributed by atoms with Gasteiger partial charge in [-0.2, -0.15) is 9.97 Å². The van der Waals surface area contributed by atoms with Gasteiger partial charge in [0.25, 0.3) is 0 Å². The molecule has 1 fully saturated rings. The molecular formula is C17H22ClN5O2. The number of rotatable bonds is 5. The summed E-state index contributed by atoms with van der Waals surface area (Å²) >= 11 is 6.07. The van der Waals surface area contributed by atoms with E-state index in [0.717, 1.165) is 11.3 Å². The fourth-order valence-electron chi connectivity index (χ4n) is 2.86. The maximum Gasteiger partial charge on any atom is 0.226 e. The second kappa shape index (κ2) is 6.93. The number of aliphatic hydroxyl groups is 1. The van der Waals surface area contributed by atoms with Crippen molar-refractivity contribution in [3.8, 4) is 5.75 Å². The minimum atomic E-state index is -0.749. The smallest absolute Gasteiger partial charge is 0.226 e. The Morgan fingerprint density at radius 3 is 2.68 bits per heavy atom. The zero-order valence-electron chi connectivity index (χ0n) is 14.3. The molecule has 4 N–H and O–H groups in total. The molecule has 0 bridgehead atoms. The summed E-state index contributed by atoms with van der Waals surface area (Å²) in [5, 5.41) is 13.5. The van der Waals surface area contributed by atoms with E-state index >= 15 is 0 Å². The number of aromatic nitrogens is 2. The minimum Gasteiger partial charge on any atom is -0.497 e. The molecule has 7 nitrogen and oxygen atoms in total. The van der Waals surface area contributed by atoms with Gasteiger partial charge in [-0.3, -0.25) is 0 Å². The number of nitrogens with two attached hydrogens (primary N) is 1. The van der Waals surface area contributed by atoms with E-state index in [1.165, 1.54) is 0 Å². The normalized spacial score (nSPS) is 19.9. The summed E-state index contributed by atoms with van der Waals surface area (Å²) in [5.41, 5.74) is 6.97. The Bertz CT molecular complexity index is 751. The second-order valence-corrected chi connectivity index (χ2v) is 6.79. The maximum atomic E-state index is 10.2. The molecule has 134 valence electrons. The van der Waals surface area contributed by atoms with Gasteiger partial charge in [0.15, 0.2) is 11.6 Å². The molecule has 0 unspecified atom stereocenters. The monoisotopic (exact) mass is 363 g/mol. The Labute approximate surface area is 151 Å². The highest BCUT2D eigenvalue weighted by molar-refractivity contribution is 6.28. The number of nitrogen functional groups attached to an aromatic ring is 1. The fourth-order valence-corrected chi connectivity index (χ4v) is 3.03. The summed E-state index contributed by atoms with van der Waals surface area (Å²) in [6, 6.07) is 7.71. The highest BCUT2D eigenvalue weighted by atomic mass is 35.5. The molecule has 0 spiro atoms. The number of methoxy groups -OCH3 is 1. The summed E-state index contributed by atoms with van der Waals surface area (Å²) in [6.07, 6.45) is 0.655. The van der Waals surface area contributed by atoms with E-state index in [2.05, 4.69) is 15.3 Å².